The molecule has 8 heteroatoms. The first-order valence-corrected chi connectivity index (χ1v) is 13.1. The van der Waals surface area contributed by atoms with Gasteiger partial charge < -0.3 is 10.0 Å². The highest BCUT2D eigenvalue weighted by Crippen LogP contribution is 2.60. The number of aromatic nitrogens is 3. The molecule has 2 aromatic heterocycles. The second-order valence-electron chi connectivity index (χ2n) is 10.4. The zero-order chi connectivity index (χ0) is 24.1. The average molecular weight is 499 g/mol. The zero-order valence-electron chi connectivity index (χ0n) is 19.9. The van der Waals surface area contributed by atoms with Crippen LogP contribution in [0.4, 0.5) is 0 Å². The molecule has 0 aliphatic heterocycles. The first kappa shape index (κ1) is 23.5. The van der Waals surface area contributed by atoms with E-state index in [9.17, 15) is 9.90 Å². The Hall–Kier alpha value is -2.22. The first-order chi connectivity index (χ1) is 16.1. The Kier molecular flexibility index (Phi) is 5.86. The van der Waals surface area contributed by atoms with Gasteiger partial charge in [-0.25, -0.2) is 4.68 Å². The first-order valence-electron chi connectivity index (χ1n) is 11.9. The summed E-state index contributed by atoms with van der Waals surface area (Å²) < 4.78 is 1.98. The highest BCUT2D eigenvalue weighted by atomic mass is 35.5. The van der Waals surface area contributed by atoms with Crippen LogP contribution in [0, 0.1) is 5.41 Å². The van der Waals surface area contributed by atoms with E-state index in [2.05, 4.69) is 17.2 Å². The highest BCUT2D eigenvalue weighted by Gasteiger charge is 2.60. The van der Waals surface area contributed by atoms with Crippen LogP contribution in [0.2, 0.25) is 5.02 Å². The molecule has 2 saturated carbocycles. The van der Waals surface area contributed by atoms with E-state index in [0.717, 1.165) is 48.2 Å². The van der Waals surface area contributed by atoms with E-state index < -0.39 is 5.60 Å². The van der Waals surface area contributed by atoms with Crippen molar-refractivity contribution < 1.29 is 9.90 Å². The SMILES string of the molecule is CC(c1cccc(Cl)c1)N(C)C(=O)C12CCC(n3cc(CC(C)(O)c4cccs4)nn3)(CC1)C2. The van der Waals surface area contributed by atoms with Crippen LogP contribution >= 0.6 is 22.9 Å². The van der Waals surface area contributed by atoms with Crippen molar-refractivity contribution in [2.24, 2.45) is 5.41 Å². The fraction of sp³-hybridized carbons (Fsp3) is 0.500. The Morgan fingerprint density at radius 3 is 2.74 bits per heavy atom. The smallest absolute Gasteiger partial charge is 0.229 e. The largest absolute Gasteiger partial charge is 0.384 e. The Bertz CT molecular complexity index is 1180. The number of benzene rings is 1. The number of hydrogen-bond donors (Lipinski definition) is 1. The zero-order valence-corrected chi connectivity index (χ0v) is 21.4. The molecule has 2 aliphatic rings. The van der Waals surface area contributed by atoms with E-state index in [1.54, 1.807) is 11.3 Å². The summed E-state index contributed by atoms with van der Waals surface area (Å²) in [6.07, 6.45) is 6.74. The lowest BCUT2D eigenvalue weighted by Gasteiger charge is -2.34. The fourth-order valence-electron chi connectivity index (χ4n) is 5.95. The van der Waals surface area contributed by atoms with Crippen molar-refractivity contribution in [3.8, 4) is 0 Å². The number of aliphatic hydroxyl groups is 1. The average Bonchev–Trinajstić information content (AvgIpc) is 3.61. The minimum absolute atomic E-state index is 0.0476. The fourth-order valence-corrected chi connectivity index (χ4v) is 6.94. The normalized spacial score (nSPS) is 26.4. The number of halogens is 1. The molecule has 0 radical (unpaired) electrons. The molecule has 2 unspecified atom stereocenters. The lowest BCUT2D eigenvalue weighted by atomic mass is 9.82. The third-order valence-electron chi connectivity index (χ3n) is 8.10. The maximum atomic E-state index is 13.7. The van der Waals surface area contributed by atoms with E-state index in [1.807, 2.05) is 71.5 Å². The number of thiophene rings is 1. The van der Waals surface area contributed by atoms with Gasteiger partial charge in [0.05, 0.1) is 22.7 Å². The maximum Gasteiger partial charge on any atom is 0.229 e. The van der Waals surface area contributed by atoms with E-state index >= 15 is 0 Å². The van der Waals surface area contributed by atoms with E-state index in [-0.39, 0.29) is 22.9 Å². The van der Waals surface area contributed by atoms with E-state index in [1.165, 1.54) is 0 Å². The molecule has 2 aliphatic carbocycles. The quantitative estimate of drug-likeness (QED) is 0.478. The third-order valence-corrected chi connectivity index (χ3v) is 9.45. The summed E-state index contributed by atoms with van der Waals surface area (Å²) in [5.41, 5.74) is 0.319. The predicted octanol–water partition coefficient (Wildman–Crippen LogP) is 5.32. The van der Waals surface area contributed by atoms with Crippen molar-refractivity contribution in [1.82, 2.24) is 19.9 Å². The van der Waals surface area contributed by atoms with Crippen LogP contribution in [0.15, 0.2) is 48.0 Å². The topological polar surface area (TPSA) is 71.2 Å². The lowest BCUT2D eigenvalue weighted by Crippen LogP contribution is -2.40. The number of carbonyl (C=O) groups is 1. The Balaban J connectivity index is 1.31. The molecule has 2 bridgehead atoms. The summed E-state index contributed by atoms with van der Waals surface area (Å²) in [7, 11) is 1.90. The van der Waals surface area contributed by atoms with Gasteiger partial charge >= 0.3 is 0 Å². The van der Waals surface area contributed by atoms with Crippen molar-refractivity contribution >= 4 is 28.8 Å². The summed E-state index contributed by atoms with van der Waals surface area (Å²) in [5.74, 6) is 0.209. The van der Waals surface area contributed by atoms with Gasteiger partial charge in [0.25, 0.3) is 0 Å². The molecule has 1 aromatic carbocycles. The third kappa shape index (κ3) is 3.97. The summed E-state index contributed by atoms with van der Waals surface area (Å²) in [4.78, 5) is 16.5. The van der Waals surface area contributed by atoms with Crippen molar-refractivity contribution in [3.63, 3.8) is 0 Å². The molecular weight excluding hydrogens is 468 g/mol. The summed E-state index contributed by atoms with van der Waals surface area (Å²) in [6, 6.07) is 11.6. The molecule has 2 fully saturated rings. The van der Waals surface area contributed by atoms with Gasteiger partial charge in [-0.15, -0.1) is 16.4 Å². The molecule has 2 heterocycles. The van der Waals surface area contributed by atoms with Crippen LogP contribution in [0.25, 0.3) is 0 Å². The number of hydrogen-bond acceptors (Lipinski definition) is 5. The molecule has 0 spiro atoms. The van der Waals surface area contributed by atoms with Gasteiger partial charge in [0.1, 0.15) is 5.60 Å². The van der Waals surface area contributed by atoms with Gasteiger partial charge in [0.2, 0.25) is 5.91 Å². The Morgan fingerprint density at radius 2 is 2.06 bits per heavy atom. The molecule has 6 nitrogen and oxygen atoms in total. The van der Waals surface area contributed by atoms with Crippen molar-refractivity contribution in [3.05, 3.63) is 69.1 Å². The van der Waals surface area contributed by atoms with Crippen LogP contribution in [-0.2, 0) is 22.4 Å². The van der Waals surface area contributed by atoms with Crippen LogP contribution < -0.4 is 0 Å². The molecule has 1 N–H and O–H groups in total. The molecule has 34 heavy (non-hydrogen) atoms. The molecule has 5 rings (SSSR count). The van der Waals surface area contributed by atoms with Gasteiger partial charge in [0.15, 0.2) is 0 Å². The van der Waals surface area contributed by atoms with Gasteiger partial charge in [-0.1, -0.05) is 35.0 Å². The Labute approximate surface area is 209 Å². The number of amides is 1. The van der Waals surface area contributed by atoms with Crippen molar-refractivity contribution in [1.29, 1.82) is 0 Å². The summed E-state index contributed by atoms with van der Waals surface area (Å²) in [5, 5.41) is 22.5. The van der Waals surface area contributed by atoms with E-state index in [4.69, 9.17) is 11.6 Å². The molecular formula is C26H31ClN4O2S. The minimum Gasteiger partial charge on any atom is -0.384 e. The van der Waals surface area contributed by atoms with Gasteiger partial charge in [-0.05, 0) is 75.1 Å². The number of fused-ring (bicyclic) bond motifs is 2. The van der Waals surface area contributed by atoms with Crippen LogP contribution in [-0.4, -0.2) is 38.0 Å². The van der Waals surface area contributed by atoms with Crippen LogP contribution in [0.3, 0.4) is 0 Å². The van der Waals surface area contributed by atoms with Crippen LogP contribution in [0.1, 0.15) is 68.1 Å². The lowest BCUT2D eigenvalue weighted by molar-refractivity contribution is -0.142. The number of carbonyl (C=O) groups excluding carboxylic acids is 1. The molecule has 1 amide bonds. The number of nitrogens with zero attached hydrogens (tertiary/aromatic N) is 4. The Morgan fingerprint density at radius 1 is 1.29 bits per heavy atom. The maximum absolute atomic E-state index is 13.7. The van der Waals surface area contributed by atoms with Crippen LogP contribution in [0.5, 0.6) is 0 Å². The summed E-state index contributed by atoms with van der Waals surface area (Å²) in [6.45, 7) is 3.88. The summed E-state index contributed by atoms with van der Waals surface area (Å²) >= 11 is 7.73. The van der Waals surface area contributed by atoms with Gasteiger partial charge in [-0.2, -0.15) is 0 Å². The molecule has 0 saturated heterocycles. The predicted molar refractivity (Wildman–Crippen MR) is 134 cm³/mol. The highest BCUT2D eigenvalue weighted by molar-refractivity contribution is 7.10. The van der Waals surface area contributed by atoms with Gasteiger partial charge in [0, 0.05) is 29.6 Å². The van der Waals surface area contributed by atoms with Crippen molar-refractivity contribution in [2.75, 3.05) is 7.05 Å². The number of rotatable bonds is 7. The van der Waals surface area contributed by atoms with Gasteiger partial charge in [-0.3, -0.25) is 4.79 Å². The molecule has 2 atom stereocenters. The molecule has 180 valence electrons. The monoisotopic (exact) mass is 498 g/mol. The minimum atomic E-state index is -0.975. The molecule has 3 aromatic rings. The standard InChI is InChI=1S/C26H31ClN4O2S/c1-18(19-6-4-7-20(27)14-19)30(3)23(32)25-9-11-26(17-25,12-10-25)31-16-21(28-29-31)15-24(2,33)22-8-5-13-34-22/h4-8,13-14,16,18,33H,9-12,15,17H2,1-3H3. The second kappa shape index (κ2) is 8.47. The van der Waals surface area contributed by atoms with Crippen molar-refractivity contribution in [2.45, 2.75) is 69.6 Å². The van der Waals surface area contributed by atoms with E-state index in [0.29, 0.717) is 11.4 Å². The second-order valence-corrected chi connectivity index (χ2v) is 11.8.